The van der Waals surface area contributed by atoms with Gasteiger partial charge in [-0.3, -0.25) is 0 Å². The molecule has 0 bridgehead atoms. The molecule has 0 nitrogen and oxygen atoms in total. The molecule has 5 heteroatoms. The minimum Gasteiger partial charge on any atom is -0.166 e. The first-order valence-electron chi connectivity index (χ1n) is 5.87. The van der Waals surface area contributed by atoms with E-state index in [2.05, 4.69) is 31.1 Å². The maximum Gasteiger partial charge on any atom is 0.416 e. The molecule has 0 atom stereocenters. The van der Waals surface area contributed by atoms with Gasteiger partial charge >= 0.3 is 6.18 Å². The molecule has 1 rings (SSSR count). The zero-order valence-electron chi connectivity index (χ0n) is 11.5. The molecule has 104 valence electrons. The third-order valence-corrected chi connectivity index (χ3v) is 4.11. The van der Waals surface area contributed by atoms with Crippen LogP contribution >= 0.6 is 11.8 Å². The van der Waals surface area contributed by atoms with Crippen LogP contribution in [0.3, 0.4) is 0 Å². The molecule has 0 radical (unpaired) electrons. The van der Waals surface area contributed by atoms with Crippen LogP contribution in [0.1, 0.15) is 11.1 Å². The van der Waals surface area contributed by atoms with Gasteiger partial charge in [0, 0.05) is 11.3 Å². The van der Waals surface area contributed by atoms with Crippen molar-refractivity contribution in [3.8, 4) is 11.5 Å². The van der Waals surface area contributed by atoms with E-state index in [1.54, 1.807) is 0 Å². The predicted molar refractivity (Wildman–Crippen MR) is 78.1 cm³/mol. The quantitative estimate of drug-likeness (QED) is 0.427. The molecule has 0 aliphatic heterocycles. The van der Waals surface area contributed by atoms with Crippen LogP contribution in [0.25, 0.3) is 0 Å². The Hall–Kier alpha value is -0.863. The Morgan fingerprint density at radius 2 is 1.84 bits per heavy atom. The molecule has 0 saturated heterocycles. The van der Waals surface area contributed by atoms with Gasteiger partial charge in [-0.05, 0) is 30.0 Å². The van der Waals surface area contributed by atoms with Crippen LogP contribution in [0, 0.1) is 11.5 Å². The molecule has 1 aromatic carbocycles. The Morgan fingerprint density at radius 3 is 2.32 bits per heavy atom. The lowest BCUT2D eigenvalue weighted by atomic mass is 10.1. The number of benzene rings is 1. The number of halogens is 3. The summed E-state index contributed by atoms with van der Waals surface area (Å²) in [6, 6.07) is 3.87. The summed E-state index contributed by atoms with van der Waals surface area (Å²) >= 11 is 1.45. The van der Waals surface area contributed by atoms with E-state index >= 15 is 0 Å². The van der Waals surface area contributed by atoms with Gasteiger partial charge in [0.25, 0.3) is 0 Å². The molecule has 0 saturated carbocycles. The fourth-order valence-corrected chi connectivity index (χ4v) is 2.71. The fraction of sp³-hybridized carbons (Fsp3) is 0.429. The average Bonchev–Trinajstić information content (AvgIpc) is 2.26. The maximum absolute atomic E-state index is 12.7. The van der Waals surface area contributed by atoms with Crippen molar-refractivity contribution >= 4 is 19.8 Å². The minimum absolute atomic E-state index is 0.379. The van der Waals surface area contributed by atoms with Crippen LogP contribution in [-0.4, -0.2) is 14.3 Å². The van der Waals surface area contributed by atoms with E-state index in [1.165, 1.54) is 23.9 Å². The summed E-state index contributed by atoms with van der Waals surface area (Å²) in [5.41, 5.74) is 3.24. The Labute approximate surface area is 117 Å². The molecule has 0 N–H and O–H groups in total. The summed E-state index contributed by atoms with van der Waals surface area (Å²) in [7, 11) is -1.48. The highest BCUT2D eigenvalue weighted by molar-refractivity contribution is 7.98. The van der Waals surface area contributed by atoms with Crippen LogP contribution in [-0.2, 0) is 12.6 Å². The molecule has 0 heterocycles. The fourth-order valence-electron chi connectivity index (χ4n) is 1.50. The Balaban J connectivity index is 3.06. The molecular formula is C14H17F3SSi. The molecule has 0 spiro atoms. The normalized spacial score (nSPS) is 11.9. The molecule has 0 aliphatic rings. The highest BCUT2D eigenvalue weighted by atomic mass is 32.2. The van der Waals surface area contributed by atoms with E-state index in [1.807, 2.05) is 6.26 Å². The maximum atomic E-state index is 12.7. The summed E-state index contributed by atoms with van der Waals surface area (Å²) < 4.78 is 38.0. The van der Waals surface area contributed by atoms with Gasteiger partial charge in [0.2, 0.25) is 0 Å². The van der Waals surface area contributed by atoms with E-state index < -0.39 is 19.8 Å². The van der Waals surface area contributed by atoms with E-state index in [4.69, 9.17) is 0 Å². The second-order valence-corrected chi connectivity index (χ2v) is 10.9. The lowest BCUT2D eigenvalue weighted by Crippen LogP contribution is -2.16. The smallest absolute Gasteiger partial charge is 0.166 e. The highest BCUT2D eigenvalue weighted by Gasteiger charge is 2.30. The van der Waals surface area contributed by atoms with Crippen LogP contribution in [0.2, 0.25) is 19.6 Å². The van der Waals surface area contributed by atoms with Gasteiger partial charge < -0.3 is 0 Å². The average molecular weight is 302 g/mol. The van der Waals surface area contributed by atoms with E-state index in [9.17, 15) is 13.2 Å². The zero-order chi connectivity index (χ0) is 14.7. The lowest BCUT2D eigenvalue weighted by molar-refractivity contribution is -0.137. The van der Waals surface area contributed by atoms with Crippen molar-refractivity contribution in [2.75, 3.05) is 6.26 Å². The Kier molecular flexibility index (Phi) is 5.16. The number of thioether (sulfide) groups is 1. The summed E-state index contributed by atoms with van der Waals surface area (Å²) in [4.78, 5) is 0.859. The third-order valence-electron chi connectivity index (χ3n) is 2.35. The minimum atomic E-state index is -4.29. The van der Waals surface area contributed by atoms with Gasteiger partial charge in [-0.15, -0.1) is 23.2 Å². The second kappa shape index (κ2) is 6.06. The van der Waals surface area contributed by atoms with Crippen LogP contribution in [0.15, 0.2) is 23.1 Å². The van der Waals surface area contributed by atoms with E-state index in [0.717, 1.165) is 11.0 Å². The highest BCUT2D eigenvalue weighted by Crippen LogP contribution is 2.32. The SMILES string of the molecule is CSc1ccc(C(F)(F)F)cc1CC#C[Si](C)(C)C. The standard InChI is InChI=1S/C14H17F3SSi/c1-18-13-8-7-12(14(15,16)17)10-11(13)6-5-9-19(2,3)4/h7-8,10H,6H2,1-4H3. The number of alkyl halides is 3. The Morgan fingerprint density at radius 1 is 1.21 bits per heavy atom. The molecule has 0 unspecified atom stereocenters. The first-order chi connectivity index (χ1) is 8.63. The first kappa shape index (κ1) is 16.2. The molecule has 0 fully saturated rings. The number of hydrogen-bond acceptors (Lipinski definition) is 1. The van der Waals surface area contributed by atoms with Gasteiger partial charge in [-0.1, -0.05) is 19.6 Å². The van der Waals surface area contributed by atoms with Crippen molar-refractivity contribution in [2.45, 2.75) is 37.1 Å². The van der Waals surface area contributed by atoms with E-state index in [-0.39, 0.29) is 0 Å². The van der Waals surface area contributed by atoms with Crippen molar-refractivity contribution in [1.29, 1.82) is 0 Å². The van der Waals surface area contributed by atoms with Gasteiger partial charge in [-0.2, -0.15) is 13.2 Å². The third kappa shape index (κ3) is 5.33. The molecule has 0 amide bonds. The van der Waals surface area contributed by atoms with Crippen molar-refractivity contribution < 1.29 is 13.2 Å². The van der Waals surface area contributed by atoms with Crippen LogP contribution in [0.5, 0.6) is 0 Å². The van der Waals surface area contributed by atoms with Gasteiger partial charge in [0.15, 0.2) is 0 Å². The lowest BCUT2D eigenvalue weighted by Gasteiger charge is -2.11. The summed E-state index contributed by atoms with van der Waals surface area (Å²) in [5, 5.41) is 0. The van der Waals surface area contributed by atoms with E-state index in [0.29, 0.717) is 12.0 Å². The second-order valence-electron chi connectivity index (χ2n) is 5.25. The molecule has 0 aromatic heterocycles. The van der Waals surface area contributed by atoms with Crippen molar-refractivity contribution in [3.63, 3.8) is 0 Å². The largest absolute Gasteiger partial charge is 0.416 e. The van der Waals surface area contributed by atoms with Gasteiger partial charge in [0.1, 0.15) is 8.07 Å². The topological polar surface area (TPSA) is 0 Å². The summed E-state index contributed by atoms with van der Waals surface area (Å²) in [5.74, 6) is 3.03. The van der Waals surface area contributed by atoms with Crippen LogP contribution < -0.4 is 0 Å². The van der Waals surface area contributed by atoms with Crippen LogP contribution in [0.4, 0.5) is 13.2 Å². The summed E-state index contributed by atoms with van der Waals surface area (Å²) in [6.45, 7) is 6.34. The summed E-state index contributed by atoms with van der Waals surface area (Å²) in [6.07, 6.45) is -2.06. The van der Waals surface area contributed by atoms with Crippen molar-refractivity contribution in [3.05, 3.63) is 29.3 Å². The molecular weight excluding hydrogens is 285 g/mol. The molecule has 1 aromatic rings. The predicted octanol–water partition coefficient (Wildman–Crippen LogP) is 4.85. The molecule has 19 heavy (non-hydrogen) atoms. The first-order valence-corrected chi connectivity index (χ1v) is 10.6. The Bertz CT molecular complexity index is 504. The van der Waals surface area contributed by atoms with Crippen molar-refractivity contribution in [2.24, 2.45) is 0 Å². The zero-order valence-corrected chi connectivity index (χ0v) is 13.3. The van der Waals surface area contributed by atoms with Gasteiger partial charge in [0.05, 0.1) is 5.56 Å². The number of rotatable bonds is 2. The monoisotopic (exact) mass is 302 g/mol. The number of hydrogen-bond donors (Lipinski definition) is 0. The van der Waals surface area contributed by atoms with Gasteiger partial charge in [-0.25, -0.2) is 0 Å². The molecule has 0 aliphatic carbocycles. The van der Waals surface area contributed by atoms with Crippen molar-refractivity contribution in [1.82, 2.24) is 0 Å².